The van der Waals surface area contributed by atoms with E-state index < -0.39 is 0 Å². The van der Waals surface area contributed by atoms with Gasteiger partial charge in [-0.25, -0.2) is 0 Å². The predicted octanol–water partition coefficient (Wildman–Crippen LogP) is 4.17. The molecule has 0 aromatic rings. The van der Waals surface area contributed by atoms with Crippen molar-refractivity contribution in [2.24, 2.45) is 17.3 Å². The minimum Gasteiger partial charge on any atom is -0.375 e. The van der Waals surface area contributed by atoms with E-state index in [1.165, 1.54) is 19.2 Å². The van der Waals surface area contributed by atoms with Gasteiger partial charge in [-0.3, -0.25) is 0 Å². The molecule has 1 saturated heterocycles. The van der Waals surface area contributed by atoms with Gasteiger partial charge in [0.15, 0.2) is 0 Å². The maximum atomic E-state index is 6.30. The van der Waals surface area contributed by atoms with E-state index in [0.29, 0.717) is 5.41 Å². The van der Waals surface area contributed by atoms with Crippen LogP contribution in [0.1, 0.15) is 54.4 Å². The van der Waals surface area contributed by atoms with Crippen molar-refractivity contribution in [3.63, 3.8) is 0 Å². The van der Waals surface area contributed by atoms with Crippen molar-refractivity contribution in [2.75, 3.05) is 6.61 Å². The van der Waals surface area contributed by atoms with Crippen molar-refractivity contribution in [3.05, 3.63) is 0 Å². The summed E-state index contributed by atoms with van der Waals surface area (Å²) in [7, 11) is 2.52. The molecular weight excluding hydrogens is 207 g/mol. The Bertz CT molecular complexity index is 265. The van der Waals surface area contributed by atoms with Crippen molar-refractivity contribution >= 4 is 7.28 Å². The first-order valence-corrected chi connectivity index (χ1v) is 7.15. The monoisotopic (exact) mass is 235 g/mol. The van der Waals surface area contributed by atoms with Crippen LogP contribution in [0.25, 0.3) is 0 Å². The summed E-state index contributed by atoms with van der Waals surface area (Å²) in [6.45, 7) is 15.0. The number of rotatable bonds is 0. The van der Waals surface area contributed by atoms with Gasteiger partial charge in [-0.05, 0) is 42.8 Å². The number of hydrogen-bond donors (Lipinski definition) is 0. The molecule has 2 fully saturated rings. The van der Waals surface area contributed by atoms with Crippen LogP contribution in [0.2, 0.25) is 11.6 Å². The standard InChI is InChI=1S/C15H28BO/c1-13(2)11-7-8-12(13)10-17-15(5,6)14(3,4)16-9-11/h11-12H,7-10H2,1-6H3. The Hall–Kier alpha value is 0.0249. The molecule has 2 rings (SSSR count). The predicted molar refractivity (Wildman–Crippen MR) is 74.6 cm³/mol. The molecule has 97 valence electrons. The summed E-state index contributed by atoms with van der Waals surface area (Å²) in [5.41, 5.74) is 0.403. The Morgan fingerprint density at radius 1 is 0.941 bits per heavy atom. The number of fused-ring (bicyclic) bond motifs is 2. The highest BCUT2D eigenvalue weighted by Crippen LogP contribution is 2.53. The summed E-state index contributed by atoms with van der Waals surface area (Å²) in [6, 6.07) is 0. The van der Waals surface area contributed by atoms with Crippen molar-refractivity contribution in [1.29, 1.82) is 0 Å². The zero-order valence-electron chi connectivity index (χ0n) is 12.5. The van der Waals surface area contributed by atoms with E-state index in [0.717, 1.165) is 18.4 Å². The molecule has 2 heteroatoms. The summed E-state index contributed by atoms with van der Waals surface area (Å²) in [6.07, 6.45) is 3.99. The van der Waals surface area contributed by atoms with Gasteiger partial charge in [0, 0.05) is 0 Å². The third-order valence-electron chi connectivity index (χ3n) is 6.08. The Morgan fingerprint density at radius 3 is 2.18 bits per heavy atom. The lowest BCUT2D eigenvalue weighted by atomic mass is 9.44. The van der Waals surface area contributed by atoms with Crippen LogP contribution < -0.4 is 0 Å². The van der Waals surface area contributed by atoms with Crippen LogP contribution in [-0.2, 0) is 4.74 Å². The van der Waals surface area contributed by atoms with Crippen LogP contribution in [0.3, 0.4) is 0 Å². The smallest absolute Gasteiger partial charge is 0.121 e. The normalized spacial score (nSPS) is 38.7. The molecule has 0 N–H and O–H groups in total. The maximum Gasteiger partial charge on any atom is 0.121 e. The number of ether oxygens (including phenoxy) is 1. The Kier molecular flexibility index (Phi) is 3.18. The highest BCUT2D eigenvalue weighted by Gasteiger charge is 2.48. The van der Waals surface area contributed by atoms with E-state index in [9.17, 15) is 0 Å². The van der Waals surface area contributed by atoms with E-state index in [2.05, 4.69) is 48.8 Å². The quantitative estimate of drug-likeness (QED) is 0.572. The van der Waals surface area contributed by atoms with Gasteiger partial charge in [0.05, 0.1) is 12.2 Å². The topological polar surface area (TPSA) is 9.23 Å². The fourth-order valence-corrected chi connectivity index (χ4v) is 3.38. The van der Waals surface area contributed by atoms with Gasteiger partial charge in [-0.1, -0.05) is 40.4 Å². The molecule has 1 heterocycles. The lowest BCUT2D eigenvalue weighted by Crippen LogP contribution is -2.41. The SMILES string of the molecule is CC1(C)C2C[B]C(C)(C)C(C)(C)OCC1CC2. The fourth-order valence-electron chi connectivity index (χ4n) is 3.38. The first-order valence-electron chi connectivity index (χ1n) is 7.15. The number of hydrogen-bond acceptors (Lipinski definition) is 1. The maximum absolute atomic E-state index is 6.30. The van der Waals surface area contributed by atoms with Crippen molar-refractivity contribution in [2.45, 2.75) is 71.6 Å². The molecule has 0 aromatic heterocycles. The minimum absolute atomic E-state index is 0.0481. The molecule has 0 aromatic carbocycles. The summed E-state index contributed by atoms with van der Waals surface area (Å²) < 4.78 is 6.30. The molecule has 17 heavy (non-hydrogen) atoms. The molecule has 1 aliphatic carbocycles. The van der Waals surface area contributed by atoms with E-state index in [1.54, 1.807) is 0 Å². The van der Waals surface area contributed by atoms with Crippen molar-refractivity contribution in [3.8, 4) is 0 Å². The lowest BCUT2D eigenvalue weighted by molar-refractivity contribution is -0.0707. The first kappa shape index (κ1) is 13.5. The second kappa shape index (κ2) is 4.01. The van der Waals surface area contributed by atoms with Crippen LogP contribution >= 0.6 is 0 Å². The fraction of sp³-hybridized carbons (Fsp3) is 1.00. The molecule has 0 spiro atoms. The van der Waals surface area contributed by atoms with E-state index in [1.807, 2.05) is 0 Å². The first-order chi connectivity index (χ1) is 7.67. The van der Waals surface area contributed by atoms with Crippen molar-refractivity contribution in [1.82, 2.24) is 0 Å². The summed E-state index contributed by atoms with van der Waals surface area (Å²) >= 11 is 0. The van der Waals surface area contributed by atoms with E-state index >= 15 is 0 Å². The molecule has 1 aliphatic heterocycles. The van der Waals surface area contributed by atoms with Crippen LogP contribution in [0.15, 0.2) is 0 Å². The molecular formula is C15H28BO. The molecule has 2 bridgehead atoms. The van der Waals surface area contributed by atoms with Crippen LogP contribution in [0.5, 0.6) is 0 Å². The zero-order valence-corrected chi connectivity index (χ0v) is 12.5. The Labute approximate surface area is 108 Å². The van der Waals surface area contributed by atoms with Gasteiger partial charge in [0.2, 0.25) is 0 Å². The minimum atomic E-state index is -0.0481. The summed E-state index contributed by atoms with van der Waals surface area (Å²) in [4.78, 5) is 0. The molecule has 1 radical (unpaired) electrons. The highest BCUT2D eigenvalue weighted by molar-refractivity contribution is 6.40. The average molecular weight is 235 g/mol. The molecule has 2 aliphatic rings. The van der Waals surface area contributed by atoms with Gasteiger partial charge in [-0.15, -0.1) is 0 Å². The summed E-state index contributed by atoms with van der Waals surface area (Å²) in [5.74, 6) is 1.60. The largest absolute Gasteiger partial charge is 0.375 e. The Morgan fingerprint density at radius 2 is 1.53 bits per heavy atom. The molecule has 1 nitrogen and oxygen atoms in total. The van der Waals surface area contributed by atoms with Gasteiger partial charge < -0.3 is 4.74 Å². The molecule has 1 saturated carbocycles. The molecule has 2 unspecified atom stereocenters. The molecule has 0 amide bonds. The molecule has 2 atom stereocenters. The third kappa shape index (κ3) is 2.18. The second-order valence-electron chi connectivity index (χ2n) is 7.78. The van der Waals surface area contributed by atoms with Gasteiger partial charge in [-0.2, -0.15) is 0 Å². The highest BCUT2D eigenvalue weighted by atomic mass is 16.5. The van der Waals surface area contributed by atoms with E-state index in [4.69, 9.17) is 4.74 Å². The lowest BCUT2D eigenvalue weighted by Gasteiger charge is -2.42. The van der Waals surface area contributed by atoms with Crippen molar-refractivity contribution < 1.29 is 4.74 Å². The zero-order chi connectivity index (χ0) is 12.9. The third-order valence-corrected chi connectivity index (χ3v) is 6.08. The van der Waals surface area contributed by atoms with Crippen LogP contribution in [0.4, 0.5) is 0 Å². The van der Waals surface area contributed by atoms with E-state index in [-0.39, 0.29) is 10.9 Å². The average Bonchev–Trinajstić information content (AvgIpc) is 2.47. The van der Waals surface area contributed by atoms with Crippen LogP contribution in [0, 0.1) is 17.3 Å². The van der Waals surface area contributed by atoms with Gasteiger partial charge in [0.25, 0.3) is 0 Å². The summed E-state index contributed by atoms with van der Waals surface area (Å²) in [5, 5.41) is 0.160. The second-order valence-corrected chi connectivity index (χ2v) is 7.78. The van der Waals surface area contributed by atoms with Gasteiger partial charge in [0.1, 0.15) is 7.28 Å². The van der Waals surface area contributed by atoms with Crippen LogP contribution in [-0.4, -0.2) is 19.5 Å². The van der Waals surface area contributed by atoms with Gasteiger partial charge >= 0.3 is 0 Å². The Balaban J connectivity index is 2.24.